The summed E-state index contributed by atoms with van der Waals surface area (Å²) in [7, 11) is 3.24. The smallest absolute Gasteiger partial charge is 0.162 e. The third kappa shape index (κ3) is 3.03. The number of hydrogen-bond donors (Lipinski definition) is 1. The van der Waals surface area contributed by atoms with E-state index in [0.717, 1.165) is 21.9 Å². The number of aryl methyl sites for hydroxylation is 1. The van der Waals surface area contributed by atoms with Crippen LogP contribution in [-0.4, -0.2) is 14.2 Å². The molecule has 0 saturated carbocycles. The Labute approximate surface area is 122 Å². The standard InChI is InChI=1S/C15H16N2O2S/c1-10-4-14(18-2)15(19-3)6-13(10)17-8-12-5-11(7-16)9-20-12/h4-6,9,17H,8H2,1-3H3. The van der Waals surface area contributed by atoms with E-state index in [1.165, 1.54) is 0 Å². The number of nitriles is 1. The van der Waals surface area contributed by atoms with E-state index in [1.54, 1.807) is 25.6 Å². The molecule has 20 heavy (non-hydrogen) atoms. The summed E-state index contributed by atoms with van der Waals surface area (Å²) in [5.41, 5.74) is 2.78. The predicted octanol–water partition coefficient (Wildman–Crippen LogP) is 3.56. The van der Waals surface area contributed by atoms with Crippen LogP contribution in [0, 0.1) is 18.3 Å². The highest BCUT2D eigenvalue weighted by Crippen LogP contribution is 2.33. The largest absolute Gasteiger partial charge is 0.493 e. The van der Waals surface area contributed by atoms with E-state index >= 15 is 0 Å². The molecule has 0 aliphatic heterocycles. The molecular weight excluding hydrogens is 272 g/mol. The molecule has 0 aliphatic rings. The molecule has 0 saturated heterocycles. The fourth-order valence-electron chi connectivity index (χ4n) is 1.89. The molecule has 1 aromatic carbocycles. The van der Waals surface area contributed by atoms with Gasteiger partial charge in [-0.25, -0.2) is 0 Å². The van der Waals surface area contributed by atoms with Gasteiger partial charge in [0.15, 0.2) is 11.5 Å². The number of thiophene rings is 1. The molecule has 0 bridgehead atoms. The van der Waals surface area contributed by atoms with E-state index in [-0.39, 0.29) is 0 Å². The molecule has 1 aromatic heterocycles. The fraction of sp³-hybridized carbons (Fsp3) is 0.267. The maximum atomic E-state index is 8.81. The highest BCUT2D eigenvalue weighted by molar-refractivity contribution is 7.10. The van der Waals surface area contributed by atoms with Crippen molar-refractivity contribution in [2.75, 3.05) is 19.5 Å². The van der Waals surface area contributed by atoms with Crippen LogP contribution in [0.25, 0.3) is 0 Å². The van der Waals surface area contributed by atoms with Crippen LogP contribution in [0.15, 0.2) is 23.6 Å². The molecule has 0 radical (unpaired) electrons. The second-order valence-corrected chi connectivity index (χ2v) is 5.28. The summed E-state index contributed by atoms with van der Waals surface area (Å²) in [5.74, 6) is 1.42. The first kappa shape index (κ1) is 14.2. The minimum Gasteiger partial charge on any atom is -0.493 e. The molecular formula is C15H16N2O2S. The molecule has 104 valence electrons. The number of nitrogens with zero attached hydrogens (tertiary/aromatic N) is 1. The summed E-state index contributed by atoms with van der Waals surface area (Å²) in [6.45, 7) is 2.70. The molecule has 0 fully saturated rings. The van der Waals surface area contributed by atoms with Gasteiger partial charge in [0.2, 0.25) is 0 Å². The number of ether oxygens (including phenoxy) is 2. The van der Waals surface area contributed by atoms with Gasteiger partial charge in [0.05, 0.1) is 19.8 Å². The predicted molar refractivity (Wildman–Crippen MR) is 80.6 cm³/mol. The number of methoxy groups -OCH3 is 2. The number of nitrogens with one attached hydrogen (secondary N) is 1. The fourth-order valence-corrected chi connectivity index (χ4v) is 2.63. The first-order valence-electron chi connectivity index (χ1n) is 6.12. The summed E-state index contributed by atoms with van der Waals surface area (Å²) >= 11 is 1.58. The van der Waals surface area contributed by atoms with Gasteiger partial charge in [-0.3, -0.25) is 0 Å². The number of rotatable bonds is 5. The average Bonchev–Trinajstić information content (AvgIpc) is 2.93. The quantitative estimate of drug-likeness (QED) is 0.914. The second kappa shape index (κ2) is 6.31. The molecule has 0 aliphatic carbocycles. The van der Waals surface area contributed by atoms with Crippen molar-refractivity contribution in [3.8, 4) is 17.6 Å². The third-order valence-electron chi connectivity index (χ3n) is 2.97. The topological polar surface area (TPSA) is 54.3 Å². The van der Waals surface area contributed by atoms with E-state index in [2.05, 4.69) is 11.4 Å². The van der Waals surface area contributed by atoms with Gasteiger partial charge in [0.25, 0.3) is 0 Å². The van der Waals surface area contributed by atoms with Crippen molar-refractivity contribution in [3.63, 3.8) is 0 Å². The van der Waals surface area contributed by atoms with Gasteiger partial charge >= 0.3 is 0 Å². The van der Waals surface area contributed by atoms with Gasteiger partial charge in [-0.2, -0.15) is 5.26 Å². The molecule has 2 rings (SSSR count). The minimum atomic E-state index is 0.683. The van der Waals surface area contributed by atoms with Gasteiger partial charge in [-0.05, 0) is 24.6 Å². The number of hydrogen-bond acceptors (Lipinski definition) is 5. The Morgan fingerprint density at radius 3 is 2.50 bits per heavy atom. The lowest BCUT2D eigenvalue weighted by atomic mass is 10.1. The van der Waals surface area contributed by atoms with E-state index in [4.69, 9.17) is 14.7 Å². The highest BCUT2D eigenvalue weighted by Gasteiger charge is 2.08. The van der Waals surface area contributed by atoms with Crippen LogP contribution in [0.4, 0.5) is 5.69 Å². The first-order chi connectivity index (χ1) is 9.67. The zero-order chi connectivity index (χ0) is 14.5. The van der Waals surface area contributed by atoms with Crippen LogP contribution in [-0.2, 0) is 6.54 Å². The lowest BCUT2D eigenvalue weighted by Crippen LogP contribution is -2.01. The van der Waals surface area contributed by atoms with Gasteiger partial charge in [0.1, 0.15) is 6.07 Å². The van der Waals surface area contributed by atoms with Crippen molar-refractivity contribution in [1.82, 2.24) is 0 Å². The van der Waals surface area contributed by atoms with Gasteiger partial charge in [-0.15, -0.1) is 11.3 Å². The number of anilines is 1. The molecule has 4 nitrogen and oxygen atoms in total. The zero-order valence-corrected chi connectivity index (χ0v) is 12.5. The molecule has 0 atom stereocenters. The highest BCUT2D eigenvalue weighted by atomic mass is 32.1. The van der Waals surface area contributed by atoms with E-state index in [0.29, 0.717) is 17.9 Å². The Bertz CT molecular complexity index is 644. The summed E-state index contributed by atoms with van der Waals surface area (Å²) in [6.07, 6.45) is 0. The summed E-state index contributed by atoms with van der Waals surface area (Å²) in [4.78, 5) is 1.12. The van der Waals surface area contributed by atoms with Crippen LogP contribution >= 0.6 is 11.3 Å². The Morgan fingerprint density at radius 2 is 1.90 bits per heavy atom. The minimum absolute atomic E-state index is 0.683. The SMILES string of the molecule is COc1cc(C)c(NCc2cc(C#N)cs2)cc1OC. The molecule has 1 N–H and O–H groups in total. The lowest BCUT2D eigenvalue weighted by Gasteiger charge is -2.13. The molecule has 1 heterocycles. The molecule has 2 aromatic rings. The van der Waals surface area contributed by atoms with Crippen LogP contribution in [0.5, 0.6) is 11.5 Å². The van der Waals surface area contributed by atoms with Crippen LogP contribution in [0.3, 0.4) is 0 Å². The van der Waals surface area contributed by atoms with E-state index < -0.39 is 0 Å². The van der Waals surface area contributed by atoms with Gasteiger partial charge < -0.3 is 14.8 Å². The molecule has 5 heteroatoms. The van der Waals surface area contributed by atoms with Crippen molar-refractivity contribution >= 4 is 17.0 Å². The molecule has 0 unspecified atom stereocenters. The monoisotopic (exact) mass is 288 g/mol. The van der Waals surface area contributed by atoms with Crippen molar-refractivity contribution in [1.29, 1.82) is 5.26 Å². The van der Waals surface area contributed by atoms with Crippen LogP contribution < -0.4 is 14.8 Å². The Kier molecular flexibility index (Phi) is 4.49. The van der Waals surface area contributed by atoms with Crippen molar-refractivity contribution in [3.05, 3.63) is 39.6 Å². The summed E-state index contributed by atoms with van der Waals surface area (Å²) in [5, 5.41) is 14.0. The Morgan fingerprint density at radius 1 is 1.20 bits per heavy atom. The van der Waals surface area contributed by atoms with Crippen molar-refractivity contribution in [2.24, 2.45) is 0 Å². The number of benzene rings is 1. The van der Waals surface area contributed by atoms with Gasteiger partial charge in [0, 0.05) is 28.6 Å². The van der Waals surface area contributed by atoms with Crippen molar-refractivity contribution in [2.45, 2.75) is 13.5 Å². The molecule has 0 spiro atoms. The average molecular weight is 288 g/mol. The van der Waals surface area contributed by atoms with Crippen molar-refractivity contribution < 1.29 is 9.47 Å². The maximum absolute atomic E-state index is 8.81. The Hall–Kier alpha value is -2.19. The summed E-state index contributed by atoms with van der Waals surface area (Å²) < 4.78 is 10.6. The van der Waals surface area contributed by atoms with Crippen LogP contribution in [0.1, 0.15) is 16.0 Å². The first-order valence-corrected chi connectivity index (χ1v) is 7.00. The van der Waals surface area contributed by atoms with E-state index in [9.17, 15) is 0 Å². The molecule has 0 amide bonds. The summed E-state index contributed by atoms with van der Waals surface area (Å²) in [6, 6.07) is 7.90. The zero-order valence-electron chi connectivity index (χ0n) is 11.7. The lowest BCUT2D eigenvalue weighted by molar-refractivity contribution is 0.355. The Balaban J connectivity index is 2.15. The third-order valence-corrected chi connectivity index (χ3v) is 3.90. The maximum Gasteiger partial charge on any atom is 0.162 e. The van der Waals surface area contributed by atoms with Crippen LogP contribution in [0.2, 0.25) is 0 Å². The second-order valence-electron chi connectivity index (χ2n) is 4.29. The normalized spacial score (nSPS) is 9.90. The van der Waals surface area contributed by atoms with E-state index in [1.807, 2.05) is 30.5 Å². The van der Waals surface area contributed by atoms with Gasteiger partial charge in [-0.1, -0.05) is 0 Å².